The topological polar surface area (TPSA) is 42.1 Å². The molecule has 1 aliphatic carbocycles. The molecule has 26 heavy (non-hydrogen) atoms. The van der Waals surface area contributed by atoms with Crippen LogP contribution in [0.3, 0.4) is 0 Å². The van der Waals surface area contributed by atoms with Crippen molar-refractivity contribution in [3.63, 3.8) is 0 Å². The van der Waals surface area contributed by atoms with Crippen LogP contribution in [-0.2, 0) is 9.53 Å². The lowest BCUT2D eigenvalue weighted by atomic mass is 9.89. The van der Waals surface area contributed by atoms with Gasteiger partial charge in [-0.05, 0) is 41.3 Å². The molecule has 0 saturated heterocycles. The Labute approximate surface area is 153 Å². The number of benzene rings is 2. The fourth-order valence-electron chi connectivity index (χ4n) is 3.71. The lowest BCUT2D eigenvalue weighted by Crippen LogP contribution is -2.13. The second-order valence-corrected chi connectivity index (χ2v) is 6.42. The monoisotopic (exact) mass is 343 g/mol. The zero-order chi connectivity index (χ0) is 17.9. The fourth-order valence-corrected chi connectivity index (χ4v) is 3.71. The second kappa shape index (κ2) is 7.04. The first-order chi connectivity index (χ1) is 12.8. The number of aromatic amines is 1. The first-order valence-corrected chi connectivity index (χ1v) is 8.97. The molecule has 0 bridgehead atoms. The summed E-state index contributed by atoms with van der Waals surface area (Å²) in [6.07, 6.45) is 4.50. The number of ether oxygens (including phenoxy) is 1. The van der Waals surface area contributed by atoms with E-state index in [2.05, 4.69) is 53.5 Å². The molecule has 0 saturated carbocycles. The van der Waals surface area contributed by atoms with Gasteiger partial charge in [0.1, 0.15) is 0 Å². The van der Waals surface area contributed by atoms with Crippen LogP contribution in [0.5, 0.6) is 0 Å². The van der Waals surface area contributed by atoms with Gasteiger partial charge >= 0.3 is 5.97 Å². The highest BCUT2D eigenvalue weighted by atomic mass is 16.5. The van der Waals surface area contributed by atoms with E-state index >= 15 is 0 Å². The van der Waals surface area contributed by atoms with Gasteiger partial charge in [0.2, 0.25) is 0 Å². The summed E-state index contributed by atoms with van der Waals surface area (Å²) in [4.78, 5) is 15.7. The molecule has 0 spiro atoms. The standard InChI is InChI=1S/C23H21NO2/c1-2-26-22(25)15-21-18-11-7-6-10-17(18)14-20(16-8-4-3-5-9-16)19-12-13-24-23(19)21/h3-14,21,24H,2,15H2,1H3/t21-/m0/s1. The molecule has 0 amide bonds. The van der Waals surface area contributed by atoms with Gasteiger partial charge in [-0.15, -0.1) is 0 Å². The van der Waals surface area contributed by atoms with Crippen molar-refractivity contribution in [2.24, 2.45) is 0 Å². The Morgan fingerprint density at radius 1 is 1.04 bits per heavy atom. The summed E-state index contributed by atoms with van der Waals surface area (Å²) in [6.45, 7) is 2.24. The zero-order valence-electron chi connectivity index (χ0n) is 14.7. The molecule has 0 unspecified atom stereocenters. The number of hydrogen-bond acceptors (Lipinski definition) is 2. The highest BCUT2D eigenvalue weighted by molar-refractivity contribution is 5.94. The third-order valence-corrected chi connectivity index (χ3v) is 4.85. The van der Waals surface area contributed by atoms with Gasteiger partial charge in [-0.2, -0.15) is 0 Å². The predicted octanol–water partition coefficient (Wildman–Crippen LogP) is 5.00. The molecule has 2 aromatic carbocycles. The van der Waals surface area contributed by atoms with Crippen molar-refractivity contribution in [1.82, 2.24) is 4.98 Å². The second-order valence-electron chi connectivity index (χ2n) is 6.42. The van der Waals surface area contributed by atoms with E-state index in [9.17, 15) is 4.79 Å². The van der Waals surface area contributed by atoms with Crippen LogP contribution in [0.4, 0.5) is 0 Å². The van der Waals surface area contributed by atoms with Crippen LogP contribution in [0, 0.1) is 0 Å². The number of carbonyl (C=O) groups is 1. The third kappa shape index (κ3) is 2.97. The van der Waals surface area contributed by atoms with E-state index in [1.807, 2.05) is 31.3 Å². The minimum absolute atomic E-state index is 0.0484. The van der Waals surface area contributed by atoms with Crippen molar-refractivity contribution in [1.29, 1.82) is 0 Å². The Balaban J connectivity index is 1.88. The lowest BCUT2D eigenvalue weighted by Gasteiger charge is -2.18. The number of carbonyl (C=O) groups excluding carboxylic acids is 1. The van der Waals surface area contributed by atoms with Crippen LogP contribution in [0.2, 0.25) is 0 Å². The van der Waals surface area contributed by atoms with E-state index in [0.717, 1.165) is 22.4 Å². The highest BCUT2D eigenvalue weighted by Gasteiger charge is 2.28. The van der Waals surface area contributed by atoms with Crippen LogP contribution in [0.25, 0.3) is 11.6 Å². The van der Waals surface area contributed by atoms with E-state index in [-0.39, 0.29) is 11.9 Å². The maximum absolute atomic E-state index is 12.3. The highest BCUT2D eigenvalue weighted by Crippen LogP contribution is 2.41. The largest absolute Gasteiger partial charge is 0.466 e. The van der Waals surface area contributed by atoms with Crippen molar-refractivity contribution in [3.8, 4) is 0 Å². The van der Waals surface area contributed by atoms with Gasteiger partial charge < -0.3 is 9.72 Å². The molecule has 3 aromatic rings. The number of rotatable bonds is 4. The molecule has 1 heterocycles. The van der Waals surface area contributed by atoms with Crippen molar-refractivity contribution in [2.45, 2.75) is 19.3 Å². The number of H-pyrrole nitrogens is 1. The molecule has 0 radical (unpaired) electrons. The van der Waals surface area contributed by atoms with Gasteiger partial charge in [0, 0.05) is 23.4 Å². The number of hydrogen-bond donors (Lipinski definition) is 1. The zero-order valence-corrected chi connectivity index (χ0v) is 14.7. The molecule has 1 N–H and O–H groups in total. The Morgan fingerprint density at radius 2 is 1.81 bits per heavy atom. The number of aromatic nitrogens is 1. The van der Waals surface area contributed by atoms with E-state index in [0.29, 0.717) is 13.0 Å². The minimum atomic E-state index is -0.170. The van der Waals surface area contributed by atoms with E-state index in [4.69, 9.17) is 4.74 Å². The van der Waals surface area contributed by atoms with Crippen LogP contribution in [-0.4, -0.2) is 17.6 Å². The summed E-state index contributed by atoms with van der Waals surface area (Å²) in [5, 5.41) is 0. The van der Waals surface area contributed by atoms with Gasteiger partial charge in [0.05, 0.1) is 13.0 Å². The van der Waals surface area contributed by atoms with Gasteiger partial charge in [0.25, 0.3) is 0 Å². The SMILES string of the molecule is CCOC(=O)C[C@H]1c2ccccc2C=C(c2ccccc2)c2cc[nH]c21. The van der Waals surface area contributed by atoms with Crippen LogP contribution < -0.4 is 0 Å². The lowest BCUT2D eigenvalue weighted by molar-refractivity contribution is -0.143. The average Bonchev–Trinajstić information content (AvgIpc) is 3.10. The van der Waals surface area contributed by atoms with E-state index in [1.54, 1.807) is 0 Å². The Kier molecular flexibility index (Phi) is 4.44. The maximum atomic E-state index is 12.3. The molecule has 0 fully saturated rings. The Hall–Kier alpha value is -3.07. The quantitative estimate of drug-likeness (QED) is 0.677. The Bertz CT molecular complexity index is 953. The molecule has 4 rings (SSSR count). The number of nitrogens with one attached hydrogen (secondary N) is 1. The van der Waals surface area contributed by atoms with Gasteiger partial charge in [-0.3, -0.25) is 4.79 Å². The first-order valence-electron chi connectivity index (χ1n) is 8.97. The van der Waals surface area contributed by atoms with Crippen molar-refractivity contribution < 1.29 is 9.53 Å². The molecular formula is C23H21NO2. The molecule has 0 aliphatic heterocycles. The summed E-state index contributed by atoms with van der Waals surface area (Å²) >= 11 is 0. The summed E-state index contributed by atoms with van der Waals surface area (Å²) in [6, 6.07) is 20.8. The molecule has 130 valence electrons. The molecule has 1 aromatic heterocycles. The van der Waals surface area contributed by atoms with E-state index in [1.165, 1.54) is 11.1 Å². The number of fused-ring (bicyclic) bond motifs is 2. The number of esters is 1. The van der Waals surface area contributed by atoms with Crippen molar-refractivity contribution >= 4 is 17.6 Å². The fraction of sp³-hybridized carbons (Fsp3) is 0.174. The maximum Gasteiger partial charge on any atom is 0.306 e. The molecular weight excluding hydrogens is 322 g/mol. The van der Waals surface area contributed by atoms with Gasteiger partial charge in [-0.1, -0.05) is 54.6 Å². The predicted molar refractivity (Wildman–Crippen MR) is 104 cm³/mol. The first kappa shape index (κ1) is 16.4. The molecule has 1 atom stereocenters. The van der Waals surface area contributed by atoms with Gasteiger partial charge in [-0.25, -0.2) is 0 Å². The van der Waals surface area contributed by atoms with E-state index < -0.39 is 0 Å². The normalized spacial score (nSPS) is 15.4. The summed E-state index contributed by atoms with van der Waals surface area (Å²) in [5.74, 6) is -0.219. The summed E-state index contributed by atoms with van der Waals surface area (Å²) in [5.41, 5.74) is 6.83. The van der Waals surface area contributed by atoms with Crippen LogP contribution in [0.15, 0.2) is 66.9 Å². The molecule has 3 nitrogen and oxygen atoms in total. The molecule has 1 aliphatic rings. The average molecular weight is 343 g/mol. The van der Waals surface area contributed by atoms with Gasteiger partial charge in [0.15, 0.2) is 0 Å². The Morgan fingerprint density at radius 3 is 2.62 bits per heavy atom. The molecule has 3 heteroatoms. The van der Waals surface area contributed by atoms with Crippen LogP contribution in [0.1, 0.15) is 47.2 Å². The smallest absolute Gasteiger partial charge is 0.306 e. The third-order valence-electron chi connectivity index (χ3n) is 4.85. The summed E-state index contributed by atoms with van der Waals surface area (Å²) in [7, 11) is 0. The van der Waals surface area contributed by atoms with Crippen molar-refractivity contribution in [2.75, 3.05) is 6.61 Å². The van der Waals surface area contributed by atoms with Crippen LogP contribution >= 0.6 is 0 Å². The minimum Gasteiger partial charge on any atom is -0.466 e. The van der Waals surface area contributed by atoms with Crippen molar-refractivity contribution in [3.05, 3.63) is 94.8 Å². The summed E-state index contributed by atoms with van der Waals surface area (Å²) < 4.78 is 5.23.